The Morgan fingerprint density at radius 3 is 2.48 bits per heavy atom. The number of nitrogens with zero attached hydrogens (tertiary/aromatic N) is 1. The molecule has 0 fully saturated rings. The van der Waals surface area contributed by atoms with Crippen LogP contribution in [0.4, 0.5) is 5.69 Å². The molecule has 6 heteroatoms. The number of hydrogen-bond donors (Lipinski definition) is 1. The van der Waals surface area contributed by atoms with Crippen molar-refractivity contribution in [2.24, 2.45) is 10.7 Å². The lowest BCUT2D eigenvalue weighted by molar-refractivity contribution is 0.0996. The number of rotatable bonds is 2. The number of carbonyl (C=O) groups excluding carboxylic acids is 1. The van der Waals surface area contributed by atoms with Gasteiger partial charge in [0.15, 0.2) is 5.58 Å². The summed E-state index contributed by atoms with van der Waals surface area (Å²) in [6, 6.07) is 13.0. The third kappa shape index (κ3) is 3.38. The van der Waals surface area contributed by atoms with Crippen molar-refractivity contribution >= 4 is 54.4 Å². The van der Waals surface area contributed by atoms with Crippen LogP contribution in [-0.4, -0.2) is 5.91 Å². The molecule has 0 unspecified atom stereocenters. The molecule has 116 valence electrons. The number of aryl methyl sites for hydroxylation is 1. The third-order valence-corrected chi connectivity index (χ3v) is 4.34. The van der Waals surface area contributed by atoms with Gasteiger partial charge in [-0.25, -0.2) is 4.99 Å². The second kappa shape index (κ2) is 6.29. The van der Waals surface area contributed by atoms with E-state index in [0.717, 1.165) is 19.9 Å². The Bertz CT molecular complexity index is 976. The van der Waals surface area contributed by atoms with Gasteiger partial charge in [0.2, 0.25) is 5.55 Å². The highest BCUT2D eigenvalue weighted by molar-refractivity contribution is 9.11. The summed E-state index contributed by atoms with van der Waals surface area (Å²) in [5.74, 6) is -0.586. The molecule has 23 heavy (non-hydrogen) atoms. The van der Waals surface area contributed by atoms with Gasteiger partial charge in [-0.15, -0.1) is 0 Å². The van der Waals surface area contributed by atoms with E-state index in [1.54, 1.807) is 6.07 Å². The monoisotopic (exact) mass is 434 g/mol. The smallest absolute Gasteiger partial charge is 0.254 e. The van der Waals surface area contributed by atoms with E-state index in [-0.39, 0.29) is 11.1 Å². The van der Waals surface area contributed by atoms with E-state index in [9.17, 15) is 4.79 Å². The fourth-order valence-corrected chi connectivity index (χ4v) is 3.50. The molecular formula is C17H12Br2N2O2. The number of amides is 1. The van der Waals surface area contributed by atoms with Crippen LogP contribution < -0.4 is 11.3 Å². The number of benzene rings is 2. The van der Waals surface area contributed by atoms with Crippen molar-refractivity contribution in [1.29, 1.82) is 0 Å². The molecule has 2 N–H and O–H groups in total. The minimum atomic E-state index is -0.586. The lowest BCUT2D eigenvalue weighted by Crippen LogP contribution is -2.21. The van der Waals surface area contributed by atoms with E-state index in [0.29, 0.717) is 11.3 Å². The summed E-state index contributed by atoms with van der Waals surface area (Å²) in [4.78, 5) is 16.2. The van der Waals surface area contributed by atoms with Crippen LogP contribution in [0.25, 0.3) is 11.0 Å². The van der Waals surface area contributed by atoms with Gasteiger partial charge in [0, 0.05) is 9.86 Å². The second-order valence-electron chi connectivity index (χ2n) is 5.08. The molecule has 0 atom stereocenters. The van der Waals surface area contributed by atoms with E-state index in [1.807, 2.05) is 43.3 Å². The number of carbonyl (C=O) groups is 1. The summed E-state index contributed by atoms with van der Waals surface area (Å²) in [6.45, 7) is 1.99. The van der Waals surface area contributed by atoms with E-state index >= 15 is 0 Å². The van der Waals surface area contributed by atoms with Crippen LogP contribution in [0.5, 0.6) is 0 Å². The third-order valence-electron chi connectivity index (χ3n) is 3.30. The molecule has 0 aliphatic heterocycles. The van der Waals surface area contributed by atoms with Gasteiger partial charge in [0.1, 0.15) is 5.56 Å². The van der Waals surface area contributed by atoms with Gasteiger partial charge in [0.25, 0.3) is 5.91 Å². The molecule has 4 nitrogen and oxygen atoms in total. The van der Waals surface area contributed by atoms with E-state index in [2.05, 4.69) is 36.9 Å². The minimum absolute atomic E-state index is 0.192. The van der Waals surface area contributed by atoms with Crippen LogP contribution >= 0.6 is 31.9 Å². The SMILES string of the molecule is Cc1ccc(N=c2oc3c(Br)cc(Br)cc3cc2C(N)=O)cc1. The number of halogens is 2. The summed E-state index contributed by atoms with van der Waals surface area (Å²) in [5.41, 5.74) is 8.32. The van der Waals surface area contributed by atoms with Gasteiger partial charge in [0.05, 0.1) is 10.2 Å². The fraction of sp³-hybridized carbons (Fsp3) is 0.0588. The van der Waals surface area contributed by atoms with Gasteiger partial charge in [-0.3, -0.25) is 4.79 Å². The number of nitrogens with two attached hydrogens (primary N) is 1. The highest BCUT2D eigenvalue weighted by atomic mass is 79.9. The molecule has 0 saturated carbocycles. The number of primary amides is 1. The topological polar surface area (TPSA) is 68.6 Å². The molecule has 3 aromatic rings. The Kier molecular flexibility index (Phi) is 4.37. The maximum atomic E-state index is 11.8. The summed E-state index contributed by atoms with van der Waals surface area (Å²) in [5, 5.41) is 0.753. The van der Waals surface area contributed by atoms with Crippen LogP contribution in [0.1, 0.15) is 15.9 Å². The first kappa shape index (κ1) is 16.0. The molecule has 1 heterocycles. The average molecular weight is 436 g/mol. The zero-order chi connectivity index (χ0) is 16.6. The second-order valence-corrected chi connectivity index (χ2v) is 6.85. The normalized spacial score (nSPS) is 11.9. The molecule has 0 aliphatic rings. The molecule has 2 aromatic carbocycles. The van der Waals surface area contributed by atoms with Crippen LogP contribution in [0.3, 0.4) is 0 Å². The summed E-state index contributed by atoms with van der Waals surface area (Å²) in [7, 11) is 0. The van der Waals surface area contributed by atoms with E-state index in [1.165, 1.54) is 0 Å². The van der Waals surface area contributed by atoms with E-state index < -0.39 is 5.91 Å². The molecule has 3 rings (SSSR count). The first-order valence-corrected chi connectivity index (χ1v) is 8.37. The first-order chi connectivity index (χ1) is 10.9. The van der Waals surface area contributed by atoms with E-state index in [4.69, 9.17) is 10.2 Å². The van der Waals surface area contributed by atoms with Gasteiger partial charge in [-0.2, -0.15) is 0 Å². The summed E-state index contributed by atoms with van der Waals surface area (Å²) < 4.78 is 7.47. The highest BCUT2D eigenvalue weighted by Gasteiger charge is 2.12. The van der Waals surface area contributed by atoms with Crippen molar-refractivity contribution in [2.75, 3.05) is 0 Å². The zero-order valence-corrected chi connectivity index (χ0v) is 15.3. The summed E-state index contributed by atoms with van der Waals surface area (Å²) >= 11 is 6.87. The van der Waals surface area contributed by atoms with Crippen LogP contribution in [0.2, 0.25) is 0 Å². The van der Waals surface area contributed by atoms with Crippen LogP contribution in [0, 0.1) is 6.92 Å². The minimum Gasteiger partial charge on any atom is -0.436 e. The lowest BCUT2D eigenvalue weighted by atomic mass is 10.2. The molecule has 0 bridgehead atoms. The number of fused-ring (bicyclic) bond motifs is 1. The molecule has 0 radical (unpaired) electrons. The standard InChI is InChI=1S/C17H12Br2N2O2/c1-9-2-4-12(5-3-9)21-17-13(16(20)22)7-10-6-11(18)8-14(19)15(10)23-17/h2-8H,1H3,(H2,20,22). The average Bonchev–Trinajstić information content (AvgIpc) is 2.49. The maximum Gasteiger partial charge on any atom is 0.254 e. The lowest BCUT2D eigenvalue weighted by Gasteiger charge is -2.05. The molecule has 0 aliphatic carbocycles. The molecular weight excluding hydrogens is 424 g/mol. The Morgan fingerprint density at radius 1 is 1.13 bits per heavy atom. The van der Waals surface area contributed by atoms with Crippen molar-refractivity contribution in [3.05, 3.63) is 68.1 Å². The largest absolute Gasteiger partial charge is 0.436 e. The molecule has 1 aromatic heterocycles. The van der Waals surface area contributed by atoms with Crippen molar-refractivity contribution < 1.29 is 9.21 Å². The summed E-state index contributed by atoms with van der Waals surface area (Å²) in [6.07, 6.45) is 0. The van der Waals surface area contributed by atoms with Gasteiger partial charge in [-0.1, -0.05) is 33.6 Å². The van der Waals surface area contributed by atoms with Crippen LogP contribution in [-0.2, 0) is 0 Å². The van der Waals surface area contributed by atoms with Gasteiger partial charge < -0.3 is 10.2 Å². The van der Waals surface area contributed by atoms with Gasteiger partial charge >= 0.3 is 0 Å². The Balaban J connectivity index is 2.32. The number of hydrogen-bond acceptors (Lipinski definition) is 3. The zero-order valence-electron chi connectivity index (χ0n) is 12.1. The molecule has 1 amide bonds. The van der Waals surface area contributed by atoms with Crippen LogP contribution in [0.15, 0.2) is 60.8 Å². The Labute approximate surface area is 149 Å². The van der Waals surface area contributed by atoms with Gasteiger partial charge in [-0.05, 0) is 53.2 Å². The Morgan fingerprint density at radius 2 is 1.83 bits per heavy atom. The quantitative estimate of drug-likeness (QED) is 0.639. The predicted octanol–water partition coefficient (Wildman–Crippen LogP) is 4.60. The fourth-order valence-electron chi connectivity index (χ4n) is 2.16. The Hall–Kier alpha value is -1.92. The first-order valence-electron chi connectivity index (χ1n) is 6.78. The highest BCUT2D eigenvalue weighted by Crippen LogP contribution is 2.28. The van der Waals surface area contributed by atoms with Crippen molar-refractivity contribution in [3.8, 4) is 0 Å². The predicted molar refractivity (Wildman–Crippen MR) is 96.5 cm³/mol. The maximum absolute atomic E-state index is 11.8. The molecule has 0 saturated heterocycles. The molecule has 0 spiro atoms. The van der Waals surface area contributed by atoms with Crippen molar-refractivity contribution in [2.45, 2.75) is 6.92 Å². The van der Waals surface area contributed by atoms with Crippen molar-refractivity contribution in [1.82, 2.24) is 0 Å². The van der Waals surface area contributed by atoms with Crippen molar-refractivity contribution in [3.63, 3.8) is 0 Å².